The fourth-order valence-corrected chi connectivity index (χ4v) is 3.71. The number of rotatable bonds is 5. The molecule has 1 saturated carbocycles. The minimum absolute atomic E-state index is 0.0231. The number of hydrogen-bond donors (Lipinski definition) is 1. The Labute approximate surface area is 119 Å². The van der Waals surface area contributed by atoms with Gasteiger partial charge in [-0.3, -0.25) is 10.1 Å². The minimum Gasteiger partial charge on any atom is -0.321 e. The molecule has 1 saturated heterocycles. The van der Waals surface area contributed by atoms with Gasteiger partial charge in [0.15, 0.2) is 0 Å². The lowest BCUT2D eigenvalue weighted by Crippen LogP contribution is -2.37. The van der Waals surface area contributed by atoms with Gasteiger partial charge in [-0.15, -0.1) is 0 Å². The first kappa shape index (κ1) is 13.1. The Hall–Kier alpha value is -0.870. The van der Waals surface area contributed by atoms with Crippen molar-refractivity contribution in [2.24, 2.45) is 5.92 Å². The summed E-state index contributed by atoms with van der Waals surface area (Å²) >= 11 is 1.70. The molecule has 2 heterocycles. The number of thiophene rings is 1. The van der Waals surface area contributed by atoms with Crippen LogP contribution in [-0.2, 0) is 4.79 Å². The van der Waals surface area contributed by atoms with Crippen LogP contribution in [0.25, 0.3) is 0 Å². The van der Waals surface area contributed by atoms with Crippen LogP contribution in [0.2, 0.25) is 0 Å². The largest absolute Gasteiger partial charge is 0.321 e. The van der Waals surface area contributed by atoms with Crippen molar-refractivity contribution in [3.63, 3.8) is 0 Å². The number of amides is 1. The van der Waals surface area contributed by atoms with Gasteiger partial charge in [-0.2, -0.15) is 11.3 Å². The van der Waals surface area contributed by atoms with Gasteiger partial charge in [-0.1, -0.05) is 19.8 Å². The zero-order valence-corrected chi connectivity index (χ0v) is 12.3. The summed E-state index contributed by atoms with van der Waals surface area (Å²) in [7, 11) is 0. The van der Waals surface area contributed by atoms with Gasteiger partial charge < -0.3 is 4.90 Å². The lowest BCUT2D eigenvalue weighted by atomic mass is 9.85. The van der Waals surface area contributed by atoms with E-state index < -0.39 is 0 Å². The van der Waals surface area contributed by atoms with Crippen molar-refractivity contribution in [3.8, 4) is 0 Å². The molecule has 19 heavy (non-hydrogen) atoms. The van der Waals surface area contributed by atoms with Crippen molar-refractivity contribution in [3.05, 3.63) is 22.4 Å². The number of nitrogens with one attached hydrogen (secondary N) is 1. The van der Waals surface area contributed by atoms with Crippen LogP contribution in [0.15, 0.2) is 16.8 Å². The summed E-state index contributed by atoms with van der Waals surface area (Å²) in [5.41, 5.74) is 1.25. The first-order valence-corrected chi connectivity index (χ1v) is 8.32. The second kappa shape index (κ2) is 5.63. The average molecular weight is 278 g/mol. The van der Waals surface area contributed by atoms with E-state index in [-0.39, 0.29) is 12.2 Å². The van der Waals surface area contributed by atoms with Crippen LogP contribution >= 0.6 is 11.3 Å². The topological polar surface area (TPSA) is 32.3 Å². The third-order valence-electron chi connectivity index (χ3n) is 4.37. The Morgan fingerprint density at radius 3 is 2.89 bits per heavy atom. The second-order valence-electron chi connectivity index (χ2n) is 5.75. The monoisotopic (exact) mass is 278 g/mol. The zero-order chi connectivity index (χ0) is 13.2. The summed E-state index contributed by atoms with van der Waals surface area (Å²) in [4.78, 5) is 14.6. The average Bonchev–Trinajstić information content (AvgIpc) is 2.95. The fraction of sp³-hybridized carbons (Fsp3) is 0.667. The smallest absolute Gasteiger partial charge is 0.241 e. The van der Waals surface area contributed by atoms with E-state index in [1.807, 2.05) is 0 Å². The van der Waals surface area contributed by atoms with Crippen LogP contribution in [0.4, 0.5) is 0 Å². The van der Waals surface area contributed by atoms with Gasteiger partial charge >= 0.3 is 0 Å². The Balaban J connectivity index is 1.76. The zero-order valence-electron chi connectivity index (χ0n) is 11.5. The number of carbonyl (C=O) groups is 1. The van der Waals surface area contributed by atoms with E-state index in [0.717, 1.165) is 25.3 Å². The van der Waals surface area contributed by atoms with Crippen molar-refractivity contribution in [2.45, 2.75) is 51.2 Å². The van der Waals surface area contributed by atoms with Crippen LogP contribution in [0.1, 0.15) is 50.8 Å². The number of carbonyl (C=O) groups excluding carboxylic acids is 1. The molecule has 3 rings (SSSR count). The van der Waals surface area contributed by atoms with E-state index in [2.05, 4.69) is 34.0 Å². The summed E-state index contributed by atoms with van der Waals surface area (Å²) in [6.45, 7) is 3.08. The first-order chi connectivity index (χ1) is 9.29. The van der Waals surface area contributed by atoms with Gasteiger partial charge in [0.1, 0.15) is 6.17 Å². The Morgan fingerprint density at radius 2 is 2.32 bits per heavy atom. The van der Waals surface area contributed by atoms with Crippen LogP contribution in [0, 0.1) is 5.92 Å². The predicted octanol–water partition coefficient (Wildman–Crippen LogP) is 3.15. The highest BCUT2D eigenvalue weighted by atomic mass is 32.1. The Bertz CT molecular complexity index is 427. The molecule has 104 valence electrons. The molecule has 2 fully saturated rings. The maximum absolute atomic E-state index is 12.5. The maximum atomic E-state index is 12.5. The predicted molar refractivity (Wildman–Crippen MR) is 77.9 cm³/mol. The van der Waals surface area contributed by atoms with Crippen molar-refractivity contribution in [1.29, 1.82) is 0 Å². The molecular weight excluding hydrogens is 256 g/mol. The van der Waals surface area contributed by atoms with E-state index in [1.165, 1.54) is 24.8 Å². The quantitative estimate of drug-likeness (QED) is 0.897. The standard InChI is InChI=1S/C15H22N2OS/c1-2-4-13-15(18)17(9-11-5-3-6-11)14(16-13)12-7-8-19-10-12/h7-8,10-11,13-14,16H,2-6,9H2,1H3. The number of nitrogens with zero attached hydrogens (tertiary/aromatic N) is 1. The first-order valence-electron chi connectivity index (χ1n) is 7.38. The highest BCUT2D eigenvalue weighted by molar-refractivity contribution is 7.07. The highest BCUT2D eigenvalue weighted by Crippen LogP contribution is 2.33. The number of hydrogen-bond acceptors (Lipinski definition) is 3. The lowest BCUT2D eigenvalue weighted by molar-refractivity contribution is -0.131. The molecule has 1 aliphatic heterocycles. The summed E-state index contributed by atoms with van der Waals surface area (Å²) in [6, 6.07) is 2.16. The summed E-state index contributed by atoms with van der Waals surface area (Å²) in [6.07, 6.45) is 6.02. The second-order valence-corrected chi connectivity index (χ2v) is 6.53. The van der Waals surface area contributed by atoms with E-state index in [4.69, 9.17) is 0 Å². The fourth-order valence-electron chi connectivity index (χ4n) is 3.03. The molecule has 3 nitrogen and oxygen atoms in total. The van der Waals surface area contributed by atoms with Crippen LogP contribution < -0.4 is 5.32 Å². The summed E-state index contributed by atoms with van der Waals surface area (Å²) in [5, 5.41) is 7.78. The third kappa shape index (κ3) is 2.56. The molecule has 2 unspecified atom stereocenters. The van der Waals surface area contributed by atoms with Gasteiger partial charge in [0.2, 0.25) is 5.91 Å². The molecule has 1 N–H and O–H groups in total. The van der Waals surface area contributed by atoms with Crippen LogP contribution in [0.5, 0.6) is 0 Å². The van der Waals surface area contributed by atoms with E-state index in [1.54, 1.807) is 11.3 Å². The Morgan fingerprint density at radius 1 is 1.47 bits per heavy atom. The van der Waals surface area contributed by atoms with Gasteiger partial charge in [0.05, 0.1) is 6.04 Å². The minimum atomic E-state index is 0.0231. The van der Waals surface area contributed by atoms with E-state index >= 15 is 0 Å². The molecule has 2 aliphatic rings. The van der Waals surface area contributed by atoms with Gasteiger partial charge in [-0.05, 0) is 47.6 Å². The van der Waals surface area contributed by atoms with Crippen molar-refractivity contribution < 1.29 is 4.79 Å². The molecule has 0 spiro atoms. The molecular formula is C15H22N2OS. The molecule has 0 radical (unpaired) electrons. The van der Waals surface area contributed by atoms with Gasteiger partial charge in [-0.25, -0.2) is 0 Å². The lowest BCUT2D eigenvalue weighted by Gasteiger charge is -2.33. The molecule has 2 atom stereocenters. The molecule has 0 bridgehead atoms. The van der Waals surface area contributed by atoms with Crippen molar-refractivity contribution >= 4 is 17.2 Å². The molecule has 1 amide bonds. The molecule has 1 aromatic rings. The summed E-state index contributed by atoms with van der Waals surface area (Å²) < 4.78 is 0. The molecule has 1 aromatic heterocycles. The SMILES string of the molecule is CCCC1NC(c2ccsc2)N(CC2CCC2)C1=O. The van der Waals surface area contributed by atoms with Crippen LogP contribution in [-0.4, -0.2) is 23.4 Å². The van der Waals surface area contributed by atoms with E-state index in [9.17, 15) is 4.79 Å². The maximum Gasteiger partial charge on any atom is 0.241 e. The molecule has 0 aromatic carbocycles. The molecule has 4 heteroatoms. The van der Waals surface area contributed by atoms with Gasteiger partial charge in [0, 0.05) is 6.54 Å². The Kier molecular flexibility index (Phi) is 3.89. The van der Waals surface area contributed by atoms with Gasteiger partial charge in [0.25, 0.3) is 0 Å². The third-order valence-corrected chi connectivity index (χ3v) is 5.07. The van der Waals surface area contributed by atoms with E-state index in [0.29, 0.717) is 5.91 Å². The van der Waals surface area contributed by atoms with Crippen molar-refractivity contribution in [2.75, 3.05) is 6.54 Å². The highest BCUT2D eigenvalue weighted by Gasteiger charge is 2.40. The normalized spacial score (nSPS) is 27.8. The van der Waals surface area contributed by atoms with Crippen molar-refractivity contribution in [1.82, 2.24) is 10.2 Å². The summed E-state index contributed by atoms with van der Waals surface area (Å²) in [5.74, 6) is 1.04. The van der Waals surface area contributed by atoms with Crippen LogP contribution in [0.3, 0.4) is 0 Å². The molecule has 1 aliphatic carbocycles.